The lowest BCUT2D eigenvalue weighted by atomic mass is 10.1. The zero-order valence-electron chi connectivity index (χ0n) is 7.73. The molecular weight excluding hydrogens is 168 g/mol. The van der Waals surface area contributed by atoms with Crippen molar-refractivity contribution in [1.29, 1.82) is 0 Å². The van der Waals surface area contributed by atoms with E-state index in [-0.39, 0.29) is 12.1 Å². The molecule has 1 unspecified atom stereocenters. The first-order valence-corrected chi connectivity index (χ1v) is 4.48. The van der Waals surface area contributed by atoms with Gasteiger partial charge in [-0.1, -0.05) is 0 Å². The number of carbonyl (C=O) groups excluding carboxylic acids is 1. The third kappa shape index (κ3) is 3.78. The van der Waals surface area contributed by atoms with Crippen molar-refractivity contribution in [3.8, 4) is 0 Å². The van der Waals surface area contributed by atoms with Crippen molar-refractivity contribution in [2.24, 2.45) is 0 Å². The number of rotatable bonds is 3. The molecule has 0 radical (unpaired) electrons. The molecule has 0 saturated carbocycles. The largest absolute Gasteiger partial charge is 0.494 e. The lowest BCUT2D eigenvalue weighted by Crippen LogP contribution is -2.10. The summed E-state index contributed by atoms with van der Waals surface area (Å²) in [5, 5.41) is 0. The molecule has 0 aliphatic carbocycles. The molecule has 1 aliphatic rings. The molecule has 13 heavy (non-hydrogen) atoms. The normalized spacial score (nSPS) is 21.5. The molecule has 3 nitrogen and oxygen atoms in total. The van der Waals surface area contributed by atoms with Gasteiger partial charge >= 0.3 is 5.97 Å². The van der Waals surface area contributed by atoms with Crippen LogP contribution in [0.25, 0.3) is 0 Å². The highest BCUT2D eigenvalue weighted by molar-refractivity contribution is 5.81. The van der Waals surface area contributed by atoms with Gasteiger partial charge in [0.15, 0.2) is 0 Å². The van der Waals surface area contributed by atoms with Gasteiger partial charge < -0.3 is 9.47 Å². The van der Waals surface area contributed by atoms with E-state index in [0.717, 1.165) is 12.8 Å². The van der Waals surface area contributed by atoms with Gasteiger partial charge in [0.1, 0.15) is 6.10 Å². The predicted molar refractivity (Wildman–Crippen MR) is 49.0 cm³/mol. The molecule has 1 atom stereocenters. The molecule has 1 rings (SSSR count). The molecule has 0 spiro atoms. The minimum absolute atomic E-state index is 0.0226. The summed E-state index contributed by atoms with van der Waals surface area (Å²) in [6, 6.07) is 0. The molecule has 0 aromatic heterocycles. The Balaban J connectivity index is 2.30. The summed E-state index contributed by atoms with van der Waals surface area (Å²) in [6.45, 7) is 2.19. The van der Waals surface area contributed by atoms with E-state index in [0.29, 0.717) is 6.61 Å². The Hall–Kier alpha value is -1.25. The first-order chi connectivity index (χ1) is 6.33. The van der Waals surface area contributed by atoms with Gasteiger partial charge in [0.2, 0.25) is 0 Å². The van der Waals surface area contributed by atoms with Gasteiger partial charge in [-0.3, -0.25) is 0 Å². The highest BCUT2D eigenvalue weighted by Crippen LogP contribution is 2.10. The van der Waals surface area contributed by atoms with E-state index in [2.05, 4.69) is 0 Å². The van der Waals surface area contributed by atoms with Crippen molar-refractivity contribution < 1.29 is 14.3 Å². The molecule has 1 aliphatic heterocycles. The Bertz CT molecular complexity index is 218. The Kier molecular flexibility index (Phi) is 4.09. The molecular formula is C10H14O3. The van der Waals surface area contributed by atoms with Crippen LogP contribution in [0.2, 0.25) is 0 Å². The molecule has 0 fully saturated rings. The lowest BCUT2D eigenvalue weighted by molar-refractivity contribution is -0.137. The summed E-state index contributed by atoms with van der Waals surface area (Å²) in [5.41, 5.74) is 0. The second-order valence-corrected chi connectivity index (χ2v) is 2.73. The van der Waals surface area contributed by atoms with E-state index in [4.69, 9.17) is 9.47 Å². The smallest absolute Gasteiger partial charge is 0.330 e. The number of hydrogen-bond donors (Lipinski definition) is 0. The van der Waals surface area contributed by atoms with Crippen molar-refractivity contribution in [1.82, 2.24) is 0 Å². The molecule has 0 aromatic carbocycles. The van der Waals surface area contributed by atoms with E-state index in [1.807, 2.05) is 6.08 Å². The third-order valence-electron chi connectivity index (χ3n) is 1.70. The van der Waals surface area contributed by atoms with Gasteiger partial charge in [-0.25, -0.2) is 4.79 Å². The second-order valence-electron chi connectivity index (χ2n) is 2.73. The van der Waals surface area contributed by atoms with Crippen molar-refractivity contribution in [2.75, 3.05) is 6.61 Å². The number of allylic oxidation sites excluding steroid dienone is 1. The Labute approximate surface area is 78.0 Å². The van der Waals surface area contributed by atoms with Crippen LogP contribution in [0.3, 0.4) is 0 Å². The topological polar surface area (TPSA) is 35.5 Å². The zero-order chi connectivity index (χ0) is 9.52. The second kappa shape index (κ2) is 5.41. The average Bonchev–Trinajstić information content (AvgIpc) is 2.17. The molecule has 0 bridgehead atoms. The van der Waals surface area contributed by atoms with Gasteiger partial charge in [-0.05, 0) is 31.9 Å². The van der Waals surface area contributed by atoms with Crippen molar-refractivity contribution in [3.05, 3.63) is 24.5 Å². The summed E-state index contributed by atoms with van der Waals surface area (Å²) in [7, 11) is 0. The van der Waals surface area contributed by atoms with Crippen LogP contribution >= 0.6 is 0 Å². The highest BCUT2D eigenvalue weighted by atomic mass is 16.5. The lowest BCUT2D eigenvalue weighted by Gasteiger charge is -2.14. The van der Waals surface area contributed by atoms with E-state index in [1.54, 1.807) is 19.3 Å². The molecule has 0 saturated heterocycles. The summed E-state index contributed by atoms with van der Waals surface area (Å²) in [5.74, 6) is -0.305. The molecule has 72 valence electrons. The average molecular weight is 182 g/mol. The van der Waals surface area contributed by atoms with Crippen LogP contribution in [-0.4, -0.2) is 18.7 Å². The molecule has 1 heterocycles. The van der Waals surface area contributed by atoms with Crippen LogP contribution < -0.4 is 0 Å². The van der Waals surface area contributed by atoms with Crippen molar-refractivity contribution in [3.63, 3.8) is 0 Å². The fraction of sp³-hybridized carbons (Fsp3) is 0.500. The Morgan fingerprint density at radius 1 is 1.77 bits per heavy atom. The molecule has 0 aromatic rings. The van der Waals surface area contributed by atoms with Gasteiger partial charge in [0.05, 0.1) is 12.9 Å². The summed E-state index contributed by atoms with van der Waals surface area (Å²) in [4.78, 5) is 10.9. The first-order valence-electron chi connectivity index (χ1n) is 4.48. The summed E-state index contributed by atoms with van der Waals surface area (Å²) < 4.78 is 9.96. The van der Waals surface area contributed by atoms with Gasteiger partial charge in [-0.2, -0.15) is 0 Å². The first kappa shape index (κ1) is 9.84. The number of ether oxygens (including phenoxy) is 2. The number of carbonyl (C=O) groups is 1. The van der Waals surface area contributed by atoms with E-state index in [1.165, 1.54) is 6.08 Å². The maximum absolute atomic E-state index is 10.9. The van der Waals surface area contributed by atoms with Crippen molar-refractivity contribution in [2.45, 2.75) is 25.9 Å². The van der Waals surface area contributed by atoms with Gasteiger partial charge in [0, 0.05) is 6.08 Å². The number of esters is 1. The maximum atomic E-state index is 10.9. The summed E-state index contributed by atoms with van der Waals surface area (Å²) >= 11 is 0. The fourth-order valence-electron chi connectivity index (χ4n) is 1.07. The van der Waals surface area contributed by atoms with Crippen LogP contribution in [0.15, 0.2) is 24.5 Å². The van der Waals surface area contributed by atoms with Crippen LogP contribution in [0, 0.1) is 0 Å². The molecule has 0 amide bonds. The molecule has 3 heteroatoms. The Morgan fingerprint density at radius 3 is 3.23 bits per heavy atom. The monoisotopic (exact) mass is 182 g/mol. The van der Waals surface area contributed by atoms with Crippen LogP contribution in [0.4, 0.5) is 0 Å². The SMILES string of the molecule is CCOC(=O)/C=C/C1CCC=CO1. The van der Waals surface area contributed by atoms with E-state index < -0.39 is 0 Å². The summed E-state index contributed by atoms with van der Waals surface area (Å²) in [6.07, 6.45) is 8.74. The van der Waals surface area contributed by atoms with Gasteiger partial charge in [-0.15, -0.1) is 0 Å². The van der Waals surface area contributed by atoms with Crippen LogP contribution in [0.1, 0.15) is 19.8 Å². The third-order valence-corrected chi connectivity index (χ3v) is 1.70. The predicted octanol–water partition coefficient (Wildman–Crippen LogP) is 1.80. The van der Waals surface area contributed by atoms with E-state index in [9.17, 15) is 4.79 Å². The van der Waals surface area contributed by atoms with Crippen LogP contribution in [-0.2, 0) is 14.3 Å². The minimum Gasteiger partial charge on any atom is -0.494 e. The fourth-order valence-corrected chi connectivity index (χ4v) is 1.07. The van der Waals surface area contributed by atoms with Crippen molar-refractivity contribution >= 4 is 5.97 Å². The maximum Gasteiger partial charge on any atom is 0.330 e. The number of hydrogen-bond acceptors (Lipinski definition) is 3. The van der Waals surface area contributed by atoms with E-state index >= 15 is 0 Å². The standard InChI is InChI=1S/C10H14O3/c1-2-12-10(11)7-6-9-5-3-4-8-13-9/h4,6-9H,2-3,5H2,1H3/b7-6+. The molecule has 0 N–H and O–H groups in total. The Morgan fingerprint density at radius 2 is 2.62 bits per heavy atom. The highest BCUT2D eigenvalue weighted by Gasteiger charge is 2.06. The zero-order valence-corrected chi connectivity index (χ0v) is 7.73. The van der Waals surface area contributed by atoms with Gasteiger partial charge in [0.25, 0.3) is 0 Å². The minimum atomic E-state index is -0.305. The quantitative estimate of drug-likeness (QED) is 0.493. The van der Waals surface area contributed by atoms with Crippen LogP contribution in [0.5, 0.6) is 0 Å².